The van der Waals surface area contributed by atoms with Gasteiger partial charge in [0.15, 0.2) is 0 Å². The number of aromatic amines is 1. The van der Waals surface area contributed by atoms with E-state index in [-0.39, 0.29) is 0 Å². The quantitative estimate of drug-likeness (QED) is 0.735. The number of aromatic nitrogens is 2. The first-order chi connectivity index (χ1) is 10.7. The molecular formula is C17H22N4S. The lowest BCUT2D eigenvalue weighted by Crippen LogP contribution is -2.14. The lowest BCUT2D eigenvalue weighted by atomic mass is 10.1. The van der Waals surface area contributed by atoms with E-state index in [9.17, 15) is 0 Å². The summed E-state index contributed by atoms with van der Waals surface area (Å²) in [5, 5.41) is 7.67. The molecule has 0 aliphatic rings. The van der Waals surface area contributed by atoms with E-state index in [1.165, 1.54) is 22.0 Å². The monoisotopic (exact) mass is 314 g/mol. The van der Waals surface area contributed by atoms with Gasteiger partial charge in [-0.05, 0) is 51.3 Å². The van der Waals surface area contributed by atoms with Crippen molar-refractivity contribution in [1.82, 2.24) is 20.2 Å². The molecule has 0 saturated carbocycles. The number of fused-ring (bicyclic) bond motifs is 1. The maximum absolute atomic E-state index is 4.70. The highest BCUT2D eigenvalue weighted by atomic mass is 32.1. The van der Waals surface area contributed by atoms with E-state index < -0.39 is 0 Å². The van der Waals surface area contributed by atoms with Crippen LogP contribution in [0.15, 0.2) is 29.8 Å². The predicted molar refractivity (Wildman–Crippen MR) is 94.4 cm³/mol. The Labute approximate surface area is 135 Å². The number of rotatable bonds is 6. The number of hydrogen-bond donors (Lipinski definition) is 2. The summed E-state index contributed by atoms with van der Waals surface area (Å²) in [6.45, 7) is 1.87. The van der Waals surface area contributed by atoms with E-state index >= 15 is 0 Å². The van der Waals surface area contributed by atoms with Gasteiger partial charge < -0.3 is 15.2 Å². The molecule has 3 rings (SSSR count). The largest absolute Gasteiger partial charge is 0.361 e. The Morgan fingerprint density at radius 3 is 2.95 bits per heavy atom. The summed E-state index contributed by atoms with van der Waals surface area (Å²) < 4.78 is 0. The summed E-state index contributed by atoms with van der Waals surface area (Å²) in [5.41, 5.74) is 4.87. The Morgan fingerprint density at radius 1 is 1.32 bits per heavy atom. The molecule has 0 fully saturated rings. The predicted octanol–water partition coefficient (Wildman–Crippen LogP) is 3.11. The molecule has 22 heavy (non-hydrogen) atoms. The topological polar surface area (TPSA) is 44.0 Å². The lowest BCUT2D eigenvalue weighted by Gasteiger charge is -2.08. The molecule has 0 bridgehead atoms. The van der Waals surface area contributed by atoms with Crippen LogP contribution in [0.5, 0.6) is 0 Å². The van der Waals surface area contributed by atoms with Gasteiger partial charge in [-0.15, -0.1) is 11.3 Å². The van der Waals surface area contributed by atoms with E-state index in [4.69, 9.17) is 4.98 Å². The van der Waals surface area contributed by atoms with Crippen LogP contribution >= 0.6 is 11.3 Å². The minimum atomic E-state index is 0.816. The number of likely N-dealkylation sites (N-methyl/N-ethyl adjacent to an activating group) is 1. The van der Waals surface area contributed by atoms with E-state index in [1.807, 2.05) is 7.05 Å². The van der Waals surface area contributed by atoms with Gasteiger partial charge in [-0.2, -0.15) is 0 Å². The molecule has 0 unspecified atom stereocenters. The van der Waals surface area contributed by atoms with E-state index in [0.29, 0.717) is 0 Å². The molecule has 5 heteroatoms. The molecule has 116 valence electrons. The fourth-order valence-electron chi connectivity index (χ4n) is 2.56. The van der Waals surface area contributed by atoms with Crippen molar-refractivity contribution in [2.75, 3.05) is 27.7 Å². The van der Waals surface area contributed by atoms with Gasteiger partial charge in [-0.3, -0.25) is 0 Å². The number of H-pyrrole nitrogens is 1. The van der Waals surface area contributed by atoms with Crippen molar-refractivity contribution < 1.29 is 0 Å². The fourth-order valence-corrected chi connectivity index (χ4v) is 3.38. The van der Waals surface area contributed by atoms with Gasteiger partial charge in [0.25, 0.3) is 0 Å². The van der Waals surface area contributed by atoms with Crippen LogP contribution in [-0.2, 0) is 13.0 Å². The van der Waals surface area contributed by atoms with Gasteiger partial charge in [0.2, 0.25) is 0 Å². The number of benzene rings is 1. The minimum Gasteiger partial charge on any atom is -0.361 e. The molecule has 0 amide bonds. The van der Waals surface area contributed by atoms with Crippen LogP contribution < -0.4 is 5.32 Å². The Bertz CT molecular complexity index is 757. The van der Waals surface area contributed by atoms with Gasteiger partial charge >= 0.3 is 0 Å². The van der Waals surface area contributed by atoms with Gasteiger partial charge in [-0.25, -0.2) is 4.98 Å². The molecule has 2 N–H and O–H groups in total. The second-order valence-corrected chi connectivity index (χ2v) is 6.66. The highest BCUT2D eigenvalue weighted by Crippen LogP contribution is 2.28. The Balaban J connectivity index is 1.91. The Kier molecular flexibility index (Phi) is 4.57. The lowest BCUT2D eigenvalue weighted by molar-refractivity contribution is 0.414. The maximum atomic E-state index is 4.70. The summed E-state index contributed by atoms with van der Waals surface area (Å²) in [6, 6.07) is 6.57. The molecule has 0 aliphatic carbocycles. The molecular weight excluding hydrogens is 292 g/mol. The first kappa shape index (κ1) is 15.2. The van der Waals surface area contributed by atoms with E-state index in [2.05, 4.69) is 59.1 Å². The zero-order chi connectivity index (χ0) is 15.5. The van der Waals surface area contributed by atoms with Crippen LogP contribution in [0.4, 0.5) is 0 Å². The molecule has 2 aromatic heterocycles. The smallest absolute Gasteiger partial charge is 0.123 e. The van der Waals surface area contributed by atoms with Gasteiger partial charge in [0, 0.05) is 41.1 Å². The number of thiazole rings is 1. The third kappa shape index (κ3) is 3.21. The molecule has 0 atom stereocenters. The van der Waals surface area contributed by atoms with Crippen molar-refractivity contribution in [3.8, 4) is 10.6 Å². The first-order valence-corrected chi connectivity index (χ1v) is 8.39. The van der Waals surface area contributed by atoms with E-state index in [0.717, 1.165) is 30.2 Å². The fraction of sp³-hybridized carbons (Fsp3) is 0.353. The summed E-state index contributed by atoms with van der Waals surface area (Å²) in [4.78, 5) is 10.3. The van der Waals surface area contributed by atoms with Crippen molar-refractivity contribution in [3.05, 3.63) is 41.0 Å². The van der Waals surface area contributed by atoms with Gasteiger partial charge in [0.05, 0.1) is 5.69 Å². The van der Waals surface area contributed by atoms with Gasteiger partial charge in [0.1, 0.15) is 5.01 Å². The van der Waals surface area contributed by atoms with Crippen molar-refractivity contribution in [2.24, 2.45) is 0 Å². The van der Waals surface area contributed by atoms with Crippen LogP contribution in [0.2, 0.25) is 0 Å². The summed E-state index contributed by atoms with van der Waals surface area (Å²) in [7, 11) is 6.17. The van der Waals surface area contributed by atoms with Crippen LogP contribution in [0, 0.1) is 0 Å². The summed E-state index contributed by atoms with van der Waals surface area (Å²) >= 11 is 1.71. The van der Waals surface area contributed by atoms with Crippen LogP contribution in [0.1, 0.15) is 11.3 Å². The third-order valence-corrected chi connectivity index (χ3v) is 4.69. The van der Waals surface area contributed by atoms with Crippen molar-refractivity contribution >= 4 is 22.2 Å². The summed E-state index contributed by atoms with van der Waals surface area (Å²) in [5.74, 6) is 0. The summed E-state index contributed by atoms with van der Waals surface area (Å²) in [6.07, 6.45) is 3.19. The SMILES string of the molecule is CNCc1csc(-c2ccc3[nH]cc(CCN(C)C)c3c2)n1. The number of nitrogens with zero attached hydrogens (tertiary/aromatic N) is 2. The van der Waals surface area contributed by atoms with Crippen molar-refractivity contribution in [3.63, 3.8) is 0 Å². The van der Waals surface area contributed by atoms with Crippen molar-refractivity contribution in [2.45, 2.75) is 13.0 Å². The molecule has 3 aromatic rings. The van der Waals surface area contributed by atoms with Crippen LogP contribution in [0.25, 0.3) is 21.5 Å². The number of hydrogen-bond acceptors (Lipinski definition) is 4. The molecule has 0 radical (unpaired) electrons. The molecule has 4 nitrogen and oxygen atoms in total. The van der Waals surface area contributed by atoms with Gasteiger partial charge in [-0.1, -0.05) is 0 Å². The zero-order valence-electron chi connectivity index (χ0n) is 13.3. The van der Waals surface area contributed by atoms with E-state index in [1.54, 1.807) is 11.3 Å². The minimum absolute atomic E-state index is 0.816. The first-order valence-electron chi connectivity index (χ1n) is 7.51. The highest BCUT2D eigenvalue weighted by Gasteiger charge is 2.09. The average Bonchev–Trinajstić information content (AvgIpc) is 3.11. The van der Waals surface area contributed by atoms with Crippen LogP contribution in [0.3, 0.4) is 0 Å². The standard InChI is InChI=1S/C17H22N4S/c1-18-10-14-11-22-17(20-14)12-4-5-16-15(8-12)13(9-19-16)6-7-21(2)3/h4-5,8-9,11,18-19H,6-7,10H2,1-3H3. The molecule has 0 aliphatic heterocycles. The molecule has 0 saturated heterocycles. The zero-order valence-corrected chi connectivity index (χ0v) is 14.1. The number of nitrogens with one attached hydrogen (secondary N) is 2. The molecule has 2 heterocycles. The average molecular weight is 314 g/mol. The highest BCUT2D eigenvalue weighted by molar-refractivity contribution is 7.13. The molecule has 1 aromatic carbocycles. The molecule has 0 spiro atoms. The van der Waals surface area contributed by atoms with Crippen LogP contribution in [-0.4, -0.2) is 42.6 Å². The van der Waals surface area contributed by atoms with Crippen molar-refractivity contribution in [1.29, 1.82) is 0 Å². The Hall–Kier alpha value is -1.69. The Morgan fingerprint density at radius 2 is 2.18 bits per heavy atom. The third-order valence-electron chi connectivity index (χ3n) is 3.75. The second-order valence-electron chi connectivity index (χ2n) is 5.80. The maximum Gasteiger partial charge on any atom is 0.123 e. The normalized spacial score (nSPS) is 11.6. The second kappa shape index (κ2) is 6.60.